The number of hydrogen-bond acceptors (Lipinski definition) is 6. The van der Waals surface area contributed by atoms with Gasteiger partial charge in [-0.3, -0.25) is 0 Å². The number of ether oxygens (including phenoxy) is 1. The average Bonchev–Trinajstić information content (AvgIpc) is 2.99. The summed E-state index contributed by atoms with van der Waals surface area (Å²) in [5, 5.41) is 0. The van der Waals surface area contributed by atoms with Crippen molar-refractivity contribution in [1.82, 2.24) is 19.2 Å². The number of sulfonamides is 1. The third kappa shape index (κ3) is 3.48. The van der Waals surface area contributed by atoms with E-state index in [0.29, 0.717) is 25.9 Å². The molecule has 0 aliphatic carbocycles. The molecule has 0 amide bonds. The molecule has 0 N–H and O–H groups in total. The summed E-state index contributed by atoms with van der Waals surface area (Å²) in [5.41, 5.74) is 0.0801. The molecule has 1 aromatic rings. The minimum atomic E-state index is -3.76. The van der Waals surface area contributed by atoms with Crippen molar-refractivity contribution < 1.29 is 21.9 Å². The molecule has 1 atom stereocenters. The van der Waals surface area contributed by atoms with Crippen molar-refractivity contribution in [2.24, 2.45) is 11.3 Å². The molecule has 3 fully saturated rings. The molecule has 4 rings (SSSR count). The van der Waals surface area contributed by atoms with E-state index in [9.17, 15) is 17.2 Å². The Hall–Kier alpha value is -1.23. The van der Waals surface area contributed by atoms with E-state index in [-0.39, 0.29) is 16.0 Å². The molecule has 1 spiro atoms. The van der Waals surface area contributed by atoms with Crippen molar-refractivity contribution >= 4 is 10.0 Å². The molecular weight excluding hydrogens is 378 g/mol. The highest BCUT2D eigenvalue weighted by Crippen LogP contribution is 2.43. The Labute approximate surface area is 157 Å². The Kier molecular flexibility index (Phi) is 4.53. The number of rotatable bonds is 5. The van der Waals surface area contributed by atoms with E-state index in [1.165, 1.54) is 11.2 Å². The fourth-order valence-corrected chi connectivity index (χ4v) is 6.03. The minimum absolute atomic E-state index is 0.0255. The maximum absolute atomic E-state index is 13.3. The lowest BCUT2D eigenvalue weighted by Gasteiger charge is -2.60. The van der Waals surface area contributed by atoms with Crippen LogP contribution in [-0.4, -0.2) is 73.5 Å². The summed E-state index contributed by atoms with van der Waals surface area (Å²) in [5.74, 6) is -3.28. The van der Waals surface area contributed by atoms with Gasteiger partial charge in [0.2, 0.25) is 10.0 Å². The predicted octanol–water partition coefficient (Wildman–Crippen LogP) is 1.24. The van der Waals surface area contributed by atoms with Gasteiger partial charge in [-0.05, 0) is 19.3 Å². The van der Waals surface area contributed by atoms with E-state index >= 15 is 0 Å². The summed E-state index contributed by atoms with van der Waals surface area (Å²) in [7, 11) is -3.76. The van der Waals surface area contributed by atoms with Crippen LogP contribution in [0, 0.1) is 18.3 Å². The van der Waals surface area contributed by atoms with Gasteiger partial charge in [-0.2, -0.15) is 13.1 Å². The molecule has 4 heterocycles. The Morgan fingerprint density at radius 2 is 2.04 bits per heavy atom. The Balaban J connectivity index is 1.38. The third-order valence-electron chi connectivity index (χ3n) is 5.63. The standard InChI is InChI=1S/C17H24F2N4O3S/c1-12-14(5-20-15(21-12)16(2,18)19)27(24,25)23-10-17(11-23)8-22(9-17)6-13-3-4-26-7-13/h5,13H,3-4,6-11H2,1-2H3/t13-/m1/s1. The predicted molar refractivity (Wildman–Crippen MR) is 92.9 cm³/mol. The number of likely N-dealkylation sites (tertiary alicyclic amines) is 1. The summed E-state index contributed by atoms with van der Waals surface area (Å²) in [6.07, 6.45) is 2.10. The molecule has 3 aliphatic heterocycles. The number of aryl methyl sites for hydroxylation is 1. The summed E-state index contributed by atoms with van der Waals surface area (Å²) in [4.78, 5) is 9.54. The van der Waals surface area contributed by atoms with Crippen LogP contribution in [0.1, 0.15) is 24.9 Å². The molecule has 1 aromatic heterocycles. The van der Waals surface area contributed by atoms with Gasteiger partial charge in [0.25, 0.3) is 0 Å². The first-order valence-corrected chi connectivity index (χ1v) is 10.6. The molecule has 0 unspecified atom stereocenters. The Morgan fingerprint density at radius 3 is 2.59 bits per heavy atom. The molecule has 10 heteroatoms. The Morgan fingerprint density at radius 1 is 1.33 bits per heavy atom. The molecule has 0 saturated carbocycles. The lowest BCUT2D eigenvalue weighted by molar-refractivity contribution is -0.0860. The van der Waals surface area contributed by atoms with E-state index in [4.69, 9.17) is 4.74 Å². The number of hydrogen-bond donors (Lipinski definition) is 0. The summed E-state index contributed by atoms with van der Waals surface area (Å²) >= 11 is 0. The van der Waals surface area contributed by atoms with Gasteiger partial charge in [0, 0.05) is 51.7 Å². The van der Waals surface area contributed by atoms with Crippen LogP contribution in [0.2, 0.25) is 0 Å². The normalized spacial score (nSPS) is 26.1. The van der Waals surface area contributed by atoms with Crippen LogP contribution in [0.25, 0.3) is 0 Å². The molecule has 7 nitrogen and oxygen atoms in total. The van der Waals surface area contributed by atoms with Gasteiger partial charge in [0.05, 0.1) is 18.5 Å². The number of halogens is 2. The van der Waals surface area contributed by atoms with Crippen molar-refractivity contribution in [2.45, 2.75) is 31.1 Å². The Bertz CT molecular complexity index is 823. The molecule has 27 heavy (non-hydrogen) atoms. The summed E-state index contributed by atoms with van der Waals surface area (Å²) in [6, 6.07) is 0. The quantitative estimate of drug-likeness (QED) is 0.738. The van der Waals surface area contributed by atoms with Crippen molar-refractivity contribution in [1.29, 1.82) is 0 Å². The highest BCUT2D eigenvalue weighted by Gasteiger charge is 2.55. The zero-order valence-electron chi connectivity index (χ0n) is 15.5. The first kappa shape index (κ1) is 19.1. The molecule has 3 saturated heterocycles. The molecule has 0 radical (unpaired) electrons. The summed E-state index contributed by atoms with van der Waals surface area (Å²) in [6.45, 7) is 7.47. The largest absolute Gasteiger partial charge is 0.381 e. The van der Waals surface area contributed by atoms with E-state index in [0.717, 1.165) is 45.5 Å². The van der Waals surface area contributed by atoms with Gasteiger partial charge < -0.3 is 9.64 Å². The highest BCUT2D eigenvalue weighted by molar-refractivity contribution is 7.89. The van der Waals surface area contributed by atoms with Crippen molar-refractivity contribution in [3.63, 3.8) is 0 Å². The van der Waals surface area contributed by atoms with Gasteiger partial charge >= 0.3 is 5.92 Å². The van der Waals surface area contributed by atoms with E-state index in [2.05, 4.69) is 14.9 Å². The maximum Gasteiger partial charge on any atom is 0.303 e. The maximum atomic E-state index is 13.3. The van der Waals surface area contributed by atoms with Gasteiger partial charge in [-0.15, -0.1) is 0 Å². The van der Waals surface area contributed by atoms with Crippen molar-refractivity contribution in [3.8, 4) is 0 Å². The van der Waals surface area contributed by atoms with Crippen molar-refractivity contribution in [2.75, 3.05) is 45.9 Å². The first-order chi connectivity index (χ1) is 12.6. The molecular formula is C17H24F2N4O3S. The van der Waals surface area contributed by atoms with Crippen LogP contribution < -0.4 is 0 Å². The fourth-order valence-electron chi connectivity index (χ4n) is 4.26. The lowest BCUT2D eigenvalue weighted by Crippen LogP contribution is -2.73. The van der Waals surface area contributed by atoms with E-state index in [1.54, 1.807) is 0 Å². The van der Waals surface area contributed by atoms with Crippen LogP contribution in [-0.2, 0) is 20.7 Å². The van der Waals surface area contributed by atoms with Gasteiger partial charge in [-0.1, -0.05) is 0 Å². The molecule has 0 bridgehead atoms. The van der Waals surface area contributed by atoms with Crippen LogP contribution >= 0.6 is 0 Å². The van der Waals surface area contributed by atoms with Crippen molar-refractivity contribution in [3.05, 3.63) is 17.7 Å². The molecule has 150 valence electrons. The monoisotopic (exact) mass is 402 g/mol. The van der Waals surface area contributed by atoms with Crippen LogP contribution in [0.3, 0.4) is 0 Å². The van der Waals surface area contributed by atoms with Gasteiger partial charge in [0.1, 0.15) is 4.90 Å². The zero-order chi connectivity index (χ0) is 19.4. The van der Waals surface area contributed by atoms with E-state index in [1.807, 2.05) is 0 Å². The van der Waals surface area contributed by atoms with Crippen LogP contribution in [0.5, 0.6) is 0 Å². The average molecular weight is 402 g/mol. The number of aromatic nitrogens is 2. The fraction of sp³-hybridized carbons (Fsp3) is 0.765. The van der Waals surface area contributed by atoms with Gasteiger partial charge in [0.15, 0.2) is 5.82 Å². The smallest absolute Gasteiger partial charge is 0.303 e. The zero-order valence-corrected chi connectivity index (χ0v) is 16.3. The first-order valence-electron chi connectivity index (χ1n) is 9.11. The SMILES string of the molecule is Cc1nc(C(C)(F)F)ncc1S(=O)(=O)N1CC2(CN(C[C@H]3CCOC3)C2)C1. The third-order valence-corrected chi connectivity index (χ3v) is 7.52. The van der Waals surface area contributed by atoms with Gasteiger partial charge in [-0.25, -0.2) is 18.4 Å². The minimum Gasteiger partial charge on any atom is -0.381 e. The second-order valence-electron chi connectivity index (χ2n) is 8.20. The topological polar surface area (TPSA) is 75.6 Å². The second kappa shape index (κ2) is 6.40. The van der Waals surface area contributed by atoms with Crippen LogP contribution in [0.15, 0.2) is 11.1 Å². The van der Waals surface area contributed by atoms with Crippen LogP contribution in [0.4, 0.5) is 8.78 Å². The lowest BCUT2D eigenvalue weighted by atomic mass is 9.74. The highest BCUT2D eigenvalue weighted by atomic mass is 32.2. The molecule has 3 aliphatic rings. The molecule has 0 aromatic carbocycles. The van der Waals surface area contributed by atoms with E-state index < -0.39 is 21.8 Å². The number of alkyl halides is 2. The number of nitrogens with zero attached hydrogens (tertiary/aromatic N) is 4. The summed E-state index contributed by atoms with van der Waals surface area (Å²) < 4.78 is 59.1. The second-order valence-corrected chi connectivity index (χ2v) is 10.1.